The highest BCUT2D eigenvalue weighted by Crippen LogP contribution is 2.23. The third-order valence-electron chi connectivity index (χ3n) is 4.47. The number of carbonyl (C=O) groups is 1. The fraction of sp³-hybridized carbons (Fsp3) is 0.571. The molecule has 0 unspecified atom stereocenters. The van der Waals surface area contributed by atoms with Crippen molar-refractivity contribution in [2.24, 2.45) is 21.8 Å². The van der Waals surface area contributed by atoms with Gasteiger partial charge in [0, 0.05) is 0 Å². The Morgan fingerprint density at radius 2 is 1.85 bits per heavy atom. The third-order valence-corrected chi connectivity index (χ3v) is 4.47. The second kappa shape index (κ2) is 10.7. The van der Waals surface area contributed by atoms with Gasteiger partial charge in [-0.25, -0.2) is 14.8 Å². The fourth-order valence-electron chi connectivity index (χ4n) is 2.87. The minimum Gasteiger partial charge on any atom is -0.480 e. The van der Waals surface area contributed by atoms with Crippen molar-refractivity contribution < 1.29 is 19.0 Å². The predicted molar refractivity (Wildman–Crippen MR) is 106 cm³/mol. The molecular formula is C21H30N2O4. The van der Waals surface area contributed by atoms with Gasteiger partial charge < -0.3 is 14.2 Å². The van der Waals surface area contributed by atoms with Crippen LogP contribution in [0.4, 0.5) is 0 Å². The Balaban J connectivity index is 2.03. The molecule has 0 aromatic heterocycles. The lowest BCUT2D eigenvalue weighted by atomic mass is 9.89. The second-order valence-electron chi connectivity index (χ2n) is 6.76. The Hall–Kier alpha value is -2.37. The van der Waals surface area contributed by atoms with Crippen molar-refractivity contribution in [1.29, 1.82) is 0 Å². The Kier molecular flexibility index (Phi) is 8.30. The first-order chi connectivity index (χ1) is 13.0. The van der Waals surface area contributed by atoms with Crippen molar-refractivity contribution >= 4 is 17.8 Å². The number of rotatable bonds is 8. The molecule has 0 fully saturated rings. The zero-order valence-corrected chi connectivity index (χ0v) is 16.7. The van der Waals surface area contributed by atoms with Crippen LogP contribution in [0.1, 0.15) is 44.5 Å². The lowest BCUT2D eigenvalue weighted by Crippen LogP contribution is -2.34. The molecule has 27 heavy (non-hydrogen) atoms. The van der Waals surface area contributed by atoms with Crippen LogP contribution in [0.2, 0.25) is 0 Å². The van der Waals surface area contributed by atoms with Crippen molar-refractivity contribution in [2.45, 2.75) is 40.2 Å². The molecule has 6 nitrogen and oxygen atoms in total. The van der Waals surface area contributed by atoms with E-state index in [1.165, 1.54) is 0 Å². The number of aliphatic imine (C=N–C) groups is 2. The molecule has 0 aliphatic carbocycles. The van der Waals surface area contributed by atoms with Crippen LogP contribution in [0.15, 0.2) is 40.3 Å². The predicted octanol–water partition coefficient (Wildman–Crippen LogP) is 3.76. The fourth-order valence-corrected chi connectivity index (χ4v) is 2.87. The molecule has 1 aromatic carbocycles. The molecule has 0 saturated heterocycles. The van der Waals surface area contributed by atoms with Gasteiger partial charge in [0.1, 0.15) is 12.6 Å². The first kappa shape index (κ1) is 20.9. The van der Waals surface area contributed by atoms with Crippen LogP contribution in [0.5, 0.6) is 0 Å². The summed E-state index contributed by atoms with van der Waals surface area (Å²) in [5.41, 5.74) is 0.561. The third kappa shape index (κ3) is 6.38. The highest BCUT2D eigenvalue weighted by Gasteiger charge is 2.28. The quantitative estimate of drug-likeness (QED) is 0.650. The summed E-state index contributed by atoms with van der Waals surface area (Å²) < 4.78 is 16.8. The smallest absolute Gasteiger partial charge is 0.338 e. The molecule has 0 saturated carbocycles. The standard InChI is InChI=1S/C21H30N2O4/c1-5-25-19-13-22-20(26-6-2)18(23-19)12-17(15(3)4)14-27-21(24)16-10-8-7-9-11-16/h7-11,15,17-18H,5-6,12-14H2,1-4H3/t17-,18+/m1/s1. The van der Waals surface area contributed by atoms with E-state index in [2.05, 4.69) is 23.8 Å². The topological polar surface area (TPSA) is 69.5 Å². The van der Waals surface area contributed by atoms with Crippen molar-refractivity contribution in [2.75, 3.05) is 26.4 Å². The molecule has 0 amide bonds. The molecular weight excluding hydrogens is 344 g/mol. The summed E-state index contributed by atoms with van der Waals surface area (Å²) >= 11 is 0. The number of hydrogen-bond acceptors (Lipinski definition) is 6. The van der Waals surface area contributed by atoms with Crippen molar-refractivity contribution in [3.8, 4) is 0 Å². The van der Waals surface area contributed by atoms with E-state index < -0.39 is 0 Å². The Morgan fingerprint density at radius 3 is 2.48 bits per heavy atom. The van der Waals surface area contributed by atoms with Gasteiger partial charge in [-0.15, -0.1) is 0 Å². The Morgan fingerprint density at radius 1 is 1.15 bits per heavy atom. The van der Waals surface area contributed by atoms with E-state index in [0.717, 1.165) is 0 Å². The molecule has 1 aliphatic heterocycles. The summed E-state index contributed by atoms with van der Waals surface area (Å²) in [6, 6.07) is 8.83. The van der Waals surface area contributed by atoms with Crippen molar-refractivity contribution in [3.63, 3.8) is 0 Å². The molecule has 1 heterocycles. The maximum absolute atomic E-state index is 12.2. The van der Waals surface area contributed by atoms with E-state index in [9.17, 15) is 4.79 Å². The summed E-state index contributed by atoms with van der Waals surface area (Å²) in [6.45, 7) is 9.96. The van der Waals surface area contributed by atoms with Gasteiger partial charge in [0.05, 0.1) is 25.4 Å². The molecule has 2 rings (SSSR count). The van der Waals surface area contributed by atoms with E-state index in [4.69, 9.17) is 14.2 Å². The summed E-state index contributed by atoms with van der Waals surface area (Å²) in [4.78, 5) is 21.4. The highest BCUT2D eigenvalue weighted by molar-refractivity contribution is 5.92. The lowest BCUT2D eigenvalue weighted by Gasteiger charge is -2.27. The Labute approximate surface area is 161 Å². The Bertz CT molecular complexity index is 655. The van der Waals surface area contributed by atoms with Gasteiger partial charge in [-0.1, -0.05) is 32.0 Å². The molecule has 148 valence electrons. The molecule has 1 aliphatic rings. The molecule has 0 radical (unpaired) electrons. The molecule has 0 bridgehead atoms. The molecule has 0 N–H and O–H groups in total. The minimum atomic E-state index is -0.304. The summed E-state index contributed by atoms with van der Waals surface area (Å²) in [7, 11) is 0. The van der Waals surface area contributed by atoms with Crippen LogP contribution in [0.3, 0.4) is 0 Å². The number of benzene rings is 1. The van der Waals surface area contributed by atoms with Gasteiger partial charge in [0.2, 0.25) is 11.8 Å². The SMILES string of the molecule is CCOC1=N[C@@H](C[C@H](COC(=O)c2ccccc2)C(C)C)C(OCC)=NC1. The van der Waals surface area contributed by atoms with Crippen LogP contribution >= 0.6 is 0 Å². The number of nitrogens with zero attached hydrogens (tertiary/aromatic N) is 2. The maximum atomic E-state index is 12.2. The number of ether oxygens (including phenoxy) is 3. The summed E-state index contributed by atoms with van der Waals surface area (Å²) in [6.07, 6.45) is 0.690. The molecule has 1 aromatic rings. The number of carbonyl (C=O) groups excluding carboxylic acids is 1. The van der Waals surface area contributed by atoms with Crippen LogP contribution in [0.25, 0.3) is 0 Å². The largest absolute Gasteiger partial charge is 0.480 e. The highest BCUT2D eigenvalue weighted by atomic mass is 16.5. The van der Waals surface area contributed by atoms with Gasteiger partial charge in [-0.3, -0.25) is 0 Å². The lowest BCUT2D eigenvalue weighted by molar-refractivity contribution is 0.0392. The van der Waals surface area contributed by atoms with Crippen LogP contribution in [0, 0.1) is 11.8 Å². The van der Waals surface area contributed by atoms with E-state index in [1.54, 1.807) is 12.1 Å². The summed E-state index contributed by atoms with van der Waals surface area (Å²) in [5.74, 6) is 1.43. The maximum Gasteiger partial charge on any atom is 0.338 e. The number of hydrogen-bond donors (Lipinski definition) is 0. The van der Waals surface area contributed by atoms with Crippen molar-refractivity contribution in [1.82, 2.24) is 0 Å². The molecule has 2 atom stereocenters. The van der Waals surface area contributed by atoms with E-state index >= 15 is 0 Å². The van der Waals surface area contributed by atoms with E-state index in [0.29, 0.717) is 56.1 Å². The molecule has 6 heteroatoms. The van der Waals surface area contributed by atoms with Crippen LogP contribution < -0.4 is 0 Å². The van der Waals surface area contributed by atoms with Gasteiger partial charge in [0.25, 0.3) is 0 Å². The first-order valence-electron chi connectivity index (χ1n) is 9.63. The second-order valence-corrected chi connectivity index (χ2v) is 6.76. The summed E-state index contributed by atoms with van der Waals surface area (Å²) in [5, 5.41) is 0. The zero-order chi connectivity index (χ0) is 19.6. The van der Waals surface area contributed by atoms with Gasteiger partial charge in [0.15, 0.2) is 0 Å². The zero-order valence-electron chi connectivity index (χ0n) is 16.7. The van der Waals surface area contributed by atoms with Gasteiger partial charge in [-0.2, -0.15) is 0 Å². The van der Waals surface area contributed by atoms with Crippen LogP contribution in [-0.2, 0) is 14.2 Å². The first-order valence-corrected chi connectivity index (χ1v) is 9.63. The number of esters is 1. The van der Waals surface area contributed by atoms with Gasteiger partial charge in [-0.05, 0) is 44.2 Å². The van der Waals surface area contributed by atoms with Crippen molar-refractivity contribution in [3.05, 3.63) is 35.9 Å². The normalized spacial score (nSPS) is 17.7. The van der Waals surface area contributed by atoms with E-state index in [1.807, 2.05) is 32.0 Å². The minimum absolute atomic E-state index is 0.137. The van der Waals surface area contributed by atoms with Gasteiger partial charge >= 0.3 is 5.97 Å². The van der Waals surface area contributed by atoms with Crippen LogP contribution in [-0.4, -0.2) is 50.2 Å². The monoisotopic (exact) mass is 374 g/mol. The van der Waals surface area contributed by atoms with E-state index in [-0.39, 0.29) is 17.9 Å². The average Bonchev–Trinajstić information content (AvgIpc) is 2.67. The molecule has 0 spiro atoms. The average molecular weight is 374 g/mol.